The third-order valence-corrected chi connectivity index (χ3v) is 4.80. The molecule has 33 heavy (non-hydrogen) atoms. The number of carbonyl (C=O) groups is 1. The normalized spacial score (nSPS) is 19.0. The van der Waals surface area contributed by atoms with Gasteiger partial charge in [-0.1, -0.05) is 12.1 Å². The molecule has 2 atom stereocenters. The van der Waals surface area contributed by atoms with Crippen molar-refractivity contribution >= 4 is 5.91 Å². The molecule has 1 aromatic heterocycles. The van der Waals surface area contributed by atoms with Gasteiger partial charge in [-0.25, -0.2) is 0 Å². The zero-order valence-electron chi connectivity index (χ0n) is 18.1. The van der Waals surface area contributed by atoms with Gasteiger partial charge in [0, 0.05) is 5.56 Å². The Labute approximate surface area is 187 Å². The fraction of sp³-hybridized carbons (Fsp3) is 0.455. The number of carbonyl (C=O) groups excluding carboxylic acids is 1. The molecule has 1 fully saturated rings. The molecule has 2 aromatic rings. The highest BCUT2D eigenvalue weighted by Crippen LogP contribution is 2.35. The number of benzene rings is 1. The molecule has 1 saturated heterocycles. The maximum atomic E-state index is 13.4. The number of hydrogen-bond donors (Lipinski definition) is 2. The summed E-state index contributed by atoms with van der Waals surface area (Å²) in [6, 6.07) is 6.58. The van der Waals surface area contributed by atoms with E-state index in [9.17, 15) is 22.8 Å². The van der Waals surface area contributed by atoms with Crippen LogP contribution in [-0.2, 0) is 20.4 Å². The summed E-state index contributed by atoms with van der Waals surface area (Å²) in [6.07, 6.45) is -5.30. The molecule has 2 heterocycles. The lowest BCUT2D eigenvalue weighted by Gasteiger charge is -2.30. The molecule has 0 unspecified atom stereocenters. The summed E-state index contributed by atoms with van der Waals surface area (Å²) in [6.45, 7) is 5.19. The van der Waals surface area contributed by atoms with Gasteiger partial charge in [0.25, 0.3) is 11.5 Å². The number of nitrogens with one attached hydrogen (secondary N) is 1. The van der Waals surface area contributed by atoms with Crippen LogP contribution >= 0.6 is 0 Å². The third kappa shape index (κ3) is 6.56. The largest absolute Gasteiger partial charge is 0.491 e. The maximum absolute atomic E-state index is 13.4. The van der Waals surface area contributed by atoms with Gasteiger partial charge in [0.2, 0.25) is 0 Å². The van der Waals surface area contributed by atoms with Crippen LogP contribution in [0.25, 0.3) is 11.1 Å². The fourth-order valence-corrected chi connectivity index (χ4v) is 3.24. The number of pyridine rings is 1. The van der Waals surface area contributed by atoms with E-state index in [1.165, 1.54) is 24.3 Å². The van der Waals surface area contributed by atoms with Crippen LogP contribution in [0.4, 0.5) is 13.2 Å². The van der Waals surface area contributed by atoms with Crippen LogP contribution in [0.3, 0.4) is 0 Å². The van der Waals surface area contributed by atoms with Gasteiger partial charge in [0.15, 0.2) is 0 Å². The molecule has 0 aliphatic carbocycles. The Morgan fingerprint density at radius 2 is 1.82 bits per heavy atom. The van der Waals surface area contributed by atoms with Crippen LogP contribution in [0.15, 0.2) is 35.1 Å². The molecule has 8 nitrogen and oxygen atoms in total. The van der Waals surface area contributed by atoms with Crippen molar-refractivity contribution in [2.24, 2.45) is 5.73 Å². The number of H-pyrrole nitrogens is 1. The Morgan fingerprint density at radius 1 is 1.18 bits per heavy atom. The zero-order valence-corrected chi connectivity index (χ0v) is 18.1. The molecule has 0 bridgehead atoms. The van der Waals surface area contributed by atoms with Crippen LogP contribution in [0.5, 0.6) is 5.75 Å². The maximum Gasteiger partial charge on any atom is 0.431 e. The third-order valence-electron chi connectivity index (χ3n) is 4.80. The van der Waals surface area contributed by atoms with E-state index < -0.39 is 28.9 Å². The number of halogens is 3. The highest BCUT2D eigenvalue weighted by Gasteiger charge is 2.36. The van der Waals surface area contributed by atoms with E-state index in [-0.39, 0.29) is 36.0 Å². The molecular weight excluding hydrogens is 445 g/mol. The number of hydrogen-bond acceptors (Lipinski definition) is 6. The summed E-state index contributed by atoms with van der Waals surface area (Å²) < 4.78 is 62.9. The standard InChI is InChI=1S/C22H25F3N2O6/c1-12(2)31-10-15-8-30-9-16(33-15)11-32-14-5-3-13(4-6-14)17-7-18(20(26)28)21(29)27-19(17)22(23,24)25/h3-7,12,15-16H,8-11H2,1-2H3,(H2,26,28)(H,27,29)/t15-,16-/m0/s1. The Balaban J connectivity index is 1.71. The molecule has 0 radical (unpaired) electrons. The van der Waals surface area contributed by atoms with E-state index in [1.807, 2.05) is 13.8 Å². The van der Waals surface area contributed by atoms with Crippen molar-refractivity contribution < 1.29 is 36.9 Å². The smallest absolute Gasteiger partial charge is 0.431 e. The lowest BCUT2D eigenvalue weighted by atomic mass is 10.0. The first-order chi connectivity index (χ1) is 15.5. The van der Waals surface area contributed by atoms with Crippen LogP contribution in [0.2, 0.25) is 0 Å². The number of primary amides is 1. The first-order valence-corrected chi connectivity index (χ1v) is 10.3. The topological polar surface area (TPSA) is 113 Å². The van der Waals surface area contributed by atoms with Crippen molar-refractivity contribution in [3.8, 4) is 16.9 Å². The van der Waals surface area contributed by atoms with E-state index in [0.29, 0.717) is 25.6 Å². The van der Waals surface area contributed by atoms with Gasteiger partial charge in [-0.3, -0.25) is 9.59 Å². The van der Waals surface area contributed by atoms with Crippen molar-refractivity contribution in [3.63, 3.8) is 0 Å². The van der Waals surface area contributed by atoms with E-state index in [4.69, 9.17) is 24.7 Å². The summed E-state index contributed by atoms with van der Waals surface area (Å²) in [7, 11) is 0. The second-order valence-electron chi connectivity index (χ2n) is 7.80. The van der Waals surface area contributed by atoms with Crippen LogP contribution in [0.1, 0.15) is 29.9 Å². The van der Waals surface area contributed by atoms with Gasteiger partial charge in [-0.05, 0) is 37.6 Å². The number of nitrogens with two attached hydrogens (primary N) is 1. The number of rotatable bonds is 8. The van der Waals surface area contributed by atoms with Gasteiger partial charge >= 0.3 is 6.18 Å². The van der Waals surface area contributed by atoms with Gasteiger partial charge in [0.05, 0.1) is 25.9 Å². The lowest BCUT2D eigenvalue weighted by Crippen LogP contribution is -2.42. The molecule has 1 aliphatic heterocycles. The summed E-state index contributed by atoms with van der Waals surface area (Å²) >= 11 is 0. The zero-order chi connectivity index (χ0) is 24.2. The van der Waals surface area contributed by atoms with Gasteiger partial charge in [-0.15, -0.1) is 0 Å². The number of amides is 1. The van der Waals surface area contributed by atoms with Crippen molar-refractivity contribution in [3.05, 3.63) is 51.9 Å². The van der Waals surface area contributed by atoms with Crippen molar-refractivity contribution in [1.82, 2.24) is 4.98 Å². The average Bonchev–Trinajstić information content (AvgIpc) is 2.76. The number of alkyl halides is 3. The molecule has 0 saturated carbocycles. The second-order valence-corrected chi connectivity index (χ2v) is 7.80. The number of aromatic nitrogens is 1. The molecule has 1 aliphatic rings. The Kier molecular flexibility index (Phi) is 7.77. The molecule has 3 N–H and O–H groups in total. The summed E-state index contributed by atoms with van der Waals surface area (Å²) in [5, 5.41) is 0. The second kappa shape index (κ2) is 10.4. The summed E-state index contributed by atoms with van der Waals surface area (Å²) in [5.74, 6) is -0.728. The minimum atomic E-state index is -4.84. The van der Waals surface area contributed by atoms with Crippen molar-refractivity contribution in [2.45, 2.75) is 38.3 Å². The van der Waals surface area contributed by atoms with Gasteiger partial charge in [0.1, 0.15) is 35.8 Å². The van der Waals surface area contributed by atoms with Crippen molar-refractivity contribution in [2.75, 3.05) is 26.4 Å². The van der Waals surface area contributed by atoms with Crippen molar-refractivity contribution in [1.29, 1.82) is 0 Å². The molecule has 1 aromatic carbocycles. The van der Waals surface area contributed by atoms with Gasteiger partial charge < -0.3 is 29.7 Å². The van der Waals surface area contributed by atoms with E-state index in [0.717, 1.165) is 6.07 Å². The molecule has 3 rings (SSSR count). The highest BCUT2D eigenvalue weighted by molar-refractivity contribution is 5.94. The summed E-state index contributed by atoms with van der Waals surface area (Å²) in [5.41, 5.74) is 1.82. The molecule has 0 spiro atoms. The SMILES string of the molecule is CC(C)OC[C@@H]1COC[C@@H](COc2ccc(-c3cc(C(N)=O)c(=O)[nH]c3C(F)(F)F)cc2)O1. The molecular formula is C22H25F3N2O6. The predicted octanol–water partition coefficient (Wildman–Crippen LogP) is 2.75. The predicted molar refractivity (Wildman–Crippen MR) is 112 cm³/mol. The Bertz CT molecular complexity index is 1020. The number of ether oxygens (including phenoxy) is 4. The van der Waals surface area contributed by atoms with E-state index in [1.54, 1.807) is 4.98 Å². The van der Waals surface area contributed by atoms with Crippen LogP contribution < -0.4 is 16.0 Å². The quantitative estimate of drug-likeness (QED) is 0.614. The molecule has 180 valence electrons. The van der Waals surface area contributed by atoms with Crippen LogP contribution in [0, 0.1) is 0 Å². The van der Waals surface area contributed by atoms with Gasteiger partial charge in [-0.2, -0.15) is 13.2 Å². The Hall–Kier alpha value is -2.89. The Morgan fingerprint density at radius 3 is 2.39 bits per heavy atom. The minimum absolute atomic E-state index is 0.0723. The van der Waals surface area contributed by atoms with Crippen LogP contribution in [-0.4, -0.2) is 55.6 Å². The molecule has 11 heteroatoms. The molecule has 1 amide bonds. The number of aromatic amines is 1. The monoisotopic (exact) mass is 470 g/mol. The van der Waals surface area contributed by atoms with E-state index >= 15 is 0 Å². The first-order valence-electron chi connectivity index (χ1n) is 10.3. The minimum Gasteiger partial charge on any atom is -0.491 e. The first kappa shape index (κ1) is 24.7. The fourth-order valence-electron chi connectivity index (χ4n) is 3.24. The summed E-state index contributed by atoms with van der Waals surface area (Å²) in [4.78, 5) is 24.9. The lowest BCUT2D eigenvalue weighted by molar-refractivity contribution is -0.169. The van der Waals surface area contributed by atoms with E-state index in [2.05, 4.69) is 0 Å². The average molecular weight is 470 g/mol. The highest BCUT2D eigenvalue weighted by atomic mass is 19.4.